The van der Waals surface area contributed by atoms with Crippen LogP contribution in [0.5, 0.6) is 11.5 Å². The molecule has 2 amide bonds. The number of benzene rings is 2. The molecule has 0 bridgehead atoms. The second kappa shape index (κ2) is 7.70. The van der Waals surface area contributed by atoms with Gasteiger partial charge in [0.25, 0.3) is 0 Å². The Hall–Kier alpha value is -2.73. The zero-order valence-corrected chi connectivity index (χ0v) is 13.9. The number of phenols is 1. The standard InChI is InChI=1S/C17H17ClN2O4/c1-10(14-9-13(24-2)7-8-15(14)21)19-16(22)17(23)20-12-5-3-11(18)4-6-12/h3-10,21H,1-2H3,(H,19,22)(H,20,23)/t10-/m1/s1. The second-order valence-electron chi connectivity index (χ2n) is 5.08. The first kappa shape index (κ1) is 17.6. The summed E-state index contributed by atoms with van der Waals surface area (Å²) in [6.45, 7) is 1.65. The van der Waals surface area contributed by atoms with Crippen LogP contribution in [-0.4, -0.2) is 24.0 Å². The fraction of sp³-hybridized carbons (Fsp3) is 0.176. The Bertz CT molecular complexity index is 747. The number of aromatic hydroxyl groups is 1. The van der Waals surface area contributed by atoms with Crippen molar-refractivity contribution in [3.63, 3.8) is 0 Å². The van der Waals surface area contributed by atoms with Crippen molar-refractivity contribution in [2.24, 2.45) is 0 Å². The molecular weight excluding hydrogens is 332 g/mol. The number of rotatable bonds is 4. The van der Waals surface area contributed by atoms with E-state index in [9.17, 15) is 14.7 Å². The van der Waals surface area contributed by atoms with Crippen molar-refractivity contribution < 1.29 is 19.4 Å². The number of amides is 2. The van der Waals surface area contributed by atoms with Gasteiger partial charge in [0, 0.05) is 16.3 Å². The molecule has 0 aliphatic carbocycles. The van der Waals surface area contributed by atoms with E-state index in [1.165, 1.54) is 13.2 Å². The topological polar surface area (TPSA) is 87.7 Å². The van der Waals surface area contributed by atoms with Crippen LogP contribution in [0.25, 0.3) is 0 Å². The lowest BCUT2D eigenvalue weighted by atomic mass is 10.1. The maximum atomic E-state index is 12.0. The van der Waals surface area contributed by atoms with Gasteiger partial charge < -0.3 is 20.5 Å². The highest BCUT2D eigenvalue weighted by atomic mass is 35.5. The minimum atomic E-state index is -0.820. The Morgan fingerprint density at radius 1 is 1.12 bits per heavy atom. The van der Waals surface area contributed by atoms with E-state index < -0.39 is 17.9 Å². The molecule has 0 aliphatic heterocycles. The molecule has 7 heteroatoms. The van der Waals surface area contributed by atoms with Crippen LogP contribution in [-0.2, 0) is 9.59 Å². The molecule has 0 radical (unpaired) electrons. The van der Waals surface area contributed by atoms with Crippen molar-refractivity contribution in [2.75, 3.05) is 12.4 Å². The summed E-state index contributed by atoms with van der Waals surface area (Å²) in [5.41, 5.74) is 0.901. The maximum absolute atomic E-state index is 12.0. The summed E-state index contributed by atoms with van der Waals surface area (Å²) in [4.78, 5) is 23.9. The van der Waals surface area contributed by atoms with Gasteiger partial charge in [0.15, 0.2) is 0 Å². The van der Waals surface area contributed by atoms with Crippen LogP contribution in [0.4, 0.5) is 5.69 Å². The van der Waals surface area contributed by atoms with Crippen LogP contribution in [0.15, 0.2) is 42.5 Å². The van der Waals surface area contributed by atoms with Gasteiger partial charge in [-0.3, -0.25) is 9.59 Å². The average molecular weight is 349 g/mol. The van der Waals surface area contributed by atoms with Gasteiger partial charge in [0.05, 0.1) is 13.2 Å². The Morgan fingerprint density at radius 3 is 2.42 bits per heavy atom. The summed E-state index contributed by atoms with van der Waals surface area (Å²) in [5.74, 6) is -1.09. The number of carbonyl (C=O) groups is 2. The van der Waals surface area contributed by atoms with Crippen molar-refractivity contribution in [3.05, 3.63) is 53.1 Å². The Labute approximate surface area is 144 Å². The predicted molar refractivity (Wildman–Crippen MR) is 91.3 cm³/mol. The van der Waals surface area contributed by atoms with Crippen molar-refractivity contribution in [2.45, 2.75) is 13.0 Å². The van der Waals surface area contributed by atoms with E-state index >= 15 is 0 Å². The van der Waals surface area contributed by atoms with E-state index in [-0.39, 0.29) is 5.75 Å². The molecule has 0 saturated heterocycles. The maximum Gasteiger partial charge on any atom is 0.313 e. The van der Waals surface area contributed by atoms with E-state index in [4.69, 9.17) is 16.3 Å². The van der Waals surface area contributed by atoms with Crippen LogP contribution >= 0.6 is 11.6 Å². The van der Waals surface area contributed by atoms with E-state index in [1.54, 1.807) is 43.3 Å². The second-order valence-corrected chi connectivity index (χ2v) is 5.52. The third-order valence-electron chi connectivity index (χ3n) is 3.36. The zero-order valence-electron chi connectivity index (χ0n) is 13.2. The summed E-state index contributed by atoms with van der Waals surface area (Å²) < 4.78 is 5.09. The van der Waals surface area contributed by atoms with E-state index in [0.717, 1.165) is 0 Å². The smallest absolute Gasteiger partial charge is 0.313 e. The first-order valence-corrected chi connectivity index (χ1v) is 7.53. The highest BCUT2D eigenvalue weighted by molar-refractivity contribution is 6.39. The number of phenolic OH excluding ortho intramolecular Hbond substituents is 1. The zero-order chi connectivity index (χ0) is 17.7. The number of ether oxygens (including phenoxy) is 1. The fourth-order valence-electron chi connectivity index (χ4n) is 2.07. The minimum absolute atomic E-state index is 0.00158. The predicted octanol–water partition coefficient (Wildman–Crippen LogP) is 2.87. The molecule has 126 valence electrons. The summed E-state index contributed by atoms with van der Waals surface area (Å²) in [6, 6.07) is 10.5. The van der Waals surface area contributed by atoms with Crippen molar-refractivity contribution in [3.8, 4) is 11.5 Å². The Morgan fingerprint density at radius 2 is 1.79 bits per heavy atom. The fourth-order valence-corrected chi connectivity index (χ4v) is 2.19. The molecule has 0 aliphatic rings. The molecule has 0 aromatic heterocycles. The van der Waals surface area contributed by atoms with Crippen LogP contribution in [0.3, 0.4) is 0 Å². The van der Waals surface area contributed by atoms with Crippen LogP contribution in [0.2, 0.25) is 5.02 Å². The molecule has 0 heterocycles. The summed E-state index contributed by atoms with van der Waals surface area (Å²) >= 11 is 5.76. The van der Waals surface area contributed by atoms with Gasteiger partial charge in [-0.05, 0) is 49.4 Å². The SMILES string of the molecule is COc1ccc(O)c([C@@H](C)NC(=O)C(=O)Nc2ccc(Cl)cc2)c1. The third kappa shape index (κ3) is 4.39. The number of halogens is 1. The van der Waals surface area contributed by atoms with Crippen LogP contribution < -0.4 is 15.4 Å². The normalized spacial score (nSPS) is 11.5. The van der Waals surface area contributed by atoms with Gasteiger partial charge in [-0.2, -0.15) is 0 Å². The number of hydrogen-bond acceptors (Lipinski definition) is 4. The van der Waals surface area contributed by atoms with Gasteiger partial charge in [-0.15, -0.1) is 0 Å². The van der Waals surface area contributed by atoms with E-state index in [1.807, 2.05) is 0 Å². The first-order valence-electron chi connectivity index (χ1n) is 7.15. The summed E-state index contributed by atoms with van der Waals surface area (Å²) in [7, 11) is 1.50. The highest BCUT2D eigenvalue weighted by Crippen LogP contribution is 2.28. The first-order chi connectivity index (χ1) is 11.4. The molecule has 3 N–H and O–H groups in total. The van der Waals surface area contributed by atoms with Gasteiger partial charge >= 0.3 is 11.8 Å². The summed E-state index contributed by atoms with van der Waals surface area (Å²) in [6.07, 6.45) is 0. The molecule has 6 nitrogen and oxygen atoms in total. The average Bonchev–Trinajstić information content (AvgIpc) is 2.57. The van der Waals surface area contributed by atoms with E-state index in [0.29, 0.717) is 22.0 Å². The molecule has 2 aromatic carbocycles. The van der Waals surface area contributed by atoms with Gasteiger partial charge in [0.2, 0.25) is 0 Å². The third-order valence-corrected chi connectivity index (χ3v) is 3.61. The molecule has 0 saturated carbocycles. The quantitative estimate of drug-likeness (QED) is 0.741. The monoisotopic (exact) mass is 348 g/mol. The van der Waals surface area contributed by atoms with Gasteiger partial charge in [0.1, 0.15) is 11.5 Å². The molecular formula is C17H17ClN2O4. The molecule has 0 fully saturated rings. The molecule has 1 atom stereocenters. The highest BCUT2D eigenvalue weighted by Gasteiger charge is 2.19. The molecule has 2 rings (SSSR count). The van der Waals surface area contributed by atoms with Gasteiger partial charge in [-0.1, -0.05) is 11.6 Å². The van der Waals surface area contributed by atoms with Crippen molar-refractivity contribution in [1.82, 2.24) is 5.32 Å². The molecule has 24 heavy (non-hydrogen) atoms. The van der Waals surface area contributed by atoms with Crippen molar-refractivity contribution in [1.29, 1.82) is 0 Å². The molecule has 2 aromatic rings. The van der Waals surface area contributed by atoms with Crippen molar-refractivity contribution >= 4 is 29.1 Å². The minimum Gasteiger partial charge on any atom is -0.508 e. The lowest BCUT2D eigenvalue weighted by Crippen LogP contribution is -2.36. The lowest BCUT2D eigenvalue weighted by molar-refractivity contribution is -0.136. The largest absolute Gasteiger partial charge is 0.508 e. The van der Waals surface area contributed by atoms with Crippen LogP contribution in [0.1, 0.15) is 18.5 Å². The lowest BCUT2D eigenvalue weighted by Gasteiger charge is -2.16. The molecule has 0 spiro atoms. The number of hydrogen-bond donors (Lipinski definition) is 3. The number of methoxy groups -OCH3 is 1. The summed E-state index contributed by atoms with van der Waals surface area (Å²) in [5, 5.41) is 15.4. The number of anilines is 1. The van der Waals surface area contributed by atoms with Crippen LogP contribution in [0, 0.1) is 0 Å². The number of carbonyl (C=O) groups excluding carboxylic acids is 2. The number of nitrogens with one attached hydrogen (secondary N) is 2. The Balaban J connectivity index is 2.02. The van der Waals surface area contributed by atoms with Gasteiger partial charge in [-0.25, -0.2) is 0 Å². The molecule has 0 unspecified atom stereocenters. The Kier molecular flexibility index (Phi) is 5.65. The van der Waals surface area contributed by atoms with E-state index in [2.05, 4.69) is 10.6 Å².